The monoisotopic (exact) mass is 249 g/mol. The summed E-state index contributed by atoms with van der Waals surface area (Å²) in [5.74, 6) is 1.65. The fourth-order valence-electron chi connectivity index (χ4n) is 2.20. The van der Waals surface area contributed by atoms with Crippen LogP contribution in [0, 0.1) is 6.92 Å². The van der Waals surface area contributed by atoms with Gasteiger partial charge in [-0.25, -0.2) is 4.98 Å². The molecule has 0 atom stereocenters. The van der Waals surface area contributed by atoms with E-state index >= 15 is 0 Å². The summed E-state index contributed by atoms with van der Waals surface area (Å²) in [5.41, 5.74) is 1.10. The Morgan fingerprint density at radius 2 is 2.06 bits per heavy atom. The zero-order chi connectivity index (χ0) is 12.8. The standard InChI is InChI=1S/C13H23N5/c1-3-14-13-16-10-11(2)12(17-13)15-6-9-18-7-4-5-8-18/h10H,3-9H2,1-2H3,(H2,14,15,16,17). The van der Waals surface area contributed by atoms with Crippen LogP contribution in [0.25, 0.3) is 0 Å². The second-order valence-corrected chi connectivity index (χ2v) is 4.73. The topological polar surface area (TPSA) is 53.1 Å². The molecule has 0 unspecified atom stereocenters. The van der Waals surface area contributed by atoms with Crippen LogP contribution >= 0.6 is 0 Å². The molecule has 0 spiro atoms. The molecule has 0 radical (unpaired) electrons. The minimum Gasteiger partial charge on any atom is -0.368 e. The summed E-state index contributed by atoms with van der Waals surface area (Å²) in [5, 5.41) is 6.54. The van der Waals surface area contributed by atoms with Gasteiger partial charge in [0.25, 0.3) is 0 Å². The smallest absolute Gasteiger partial charge is 0.224 e. The summed E-state index contributed by atoms with van der Waals surface area (Å²) in [6.45, 7) is 9.46. The van der Waals surface area contributed by atoms with Crippen LogP contribution < -0.4 is 10.6 Å². The molecule has 2 rings (SSSR count). The number of likely N-dealkylation sites (tertiary alicyclic amines) is 1. The maximum Gasteiger partial charge on any atom is 0.224 e. The summed E-state index contributed by atoms with van der Waals surface area (Å²) in [7, 11) is 0. The van der Waals surface area contributed by atoms with Crippen LogP contribution in [0.3, 0.4) is 0 Å². The van der Waals surface area contributed by atoms with E-state index in [9.17, 15) is 0 Å². The number of nitrogens with zero attached hydrogens (tertiary/aromatic N) is 3. The summed E-state index contributed by atoms with van der Waals surface area (Å²) in [4.78, 5) is 11.2. The van der Waals surface area contributed by atoms with Gasteiger partial charge in [0.2, 0.25) is 5.95 Å². The van der Waals surface area contributed by atoms with E-state index in [1.807, 2.05) is 20.0 Å². The first-order chi connectivity index (χ1) is 8.79. The Balaban J connectivity index is 1.85. The lowest BCUT2D eigenvalue weighted by molar-refractivity contribution is 0.352. The van der Waals surface area contributed by atoms with Gasteiger partial charge in [0.05, 0.1) is 0 Å². The van der Waals surface area contributed by atoms with Crippen LogP contribution in [-0.2, 0) is 0 Å². The Kier molecular flexibility index (Phi) is 4.75. The van der Waals surface area contributed by atoms with Gasteiger partial charge in [-0.1, -0.05) is 0 Å². The van der Waals surface area contributed by atoms with Crippen molar-refractivity contribution in [2.45, 2.75) is 26.7 Å². The molecule has 5 nitrogen and oxygen atoms in total. The van der Waals surface area contributed by atoms with Crippen LogP contribution in [-0.4, -0.2) is 47.6 Å². The molecule has 0 aromatic carbocycles. The molecule has 1 aromatic heterocycles. The predicted octanol–water partition coefficient (Wildman–Crippen LogP) is 1.72. The molecule has 1 aliphatic heterocycles. The zero-order valence-electron chi connectivity index (χ0n) is 11.4. The number of aromatic nitrogens is 2. The lowest BCUT2D eigenvalue weighted by atomic mass is 10.3. The number of hydrogen-bond donors (Lipinski definition) is 2. The van der Waals surface area contributed by atoms with Crippen molar-refractivity contribution in [2.24, 2.45) is 0 Å². The molecular weight excluding hydrogens is 226 g/mol. The summed E-state index contributed by atoms with van der Waals surface area (Å²) < 4.78 is 0. The summed E-state index contributed by atoms with van der Waals surface area (Å²) >= 11 is 0. The number of rotatable bonds is 6. The minimum absolute atomic E-state index is 0.701. The molecule has 1 aliphatic rings. The first-order valence-electron chi connectivity index (χ1n) is 6.83. The zero-order valence-corrected chi connectivity index (χ0v) is 11.4. The van der Waals surface area contributed by atoms with E-state index in [1.165, 1.54) is 25.9 Å². The van der Waals surface area contributed by atoms with Crippen molar-refractivity contribution in [2.75, 3.05) is 43.4 Å². The molecule has 100 valence electrons. The van der Waals surface area contributed by atoms with Crippen molar-refractivity contribution in [3.05, 3.63) is 11.8 Å². The Hall–Kier alpha value is -1.36. The van der Waals surface area contributed by atoms with Gasteiger partial charge >= 0.3 is 0 Å². The van der Waals surface area contributed by atoms with E-state index in [4.69, 9.17) is 0 Å². The van der Waals surface area contributed by atoms with Crippen molar-refractivity contribution >= 4 is 11.8 Å². The van der Waals surface area contributed by atoms with Gasteiger partial charge in [-0.05, 0) is 39.8 Å². The molecule has 1 saturated heterocycles. The van der Waals surface area contributed by atoms with Crippen LogP contribution in [0.4, 0.5) is 11.8 Å². The first-order valence-corrected chi connectivity index (χ1v) is 6.83. The Bertz CT molecular complexity index is 374. The third kappa shape index (κ3) is 3.57. The molecule has 1 fully saturated rings. The molecule has 0 aliphatic carbocycles. The molecule has 18 heavy (non-hydrogen) atoms. The molecule has 0 amide bonds. The molecule has 0 saturated carbocycles. The highest BCUT2D eigenvalue weighted by atomic mass is 15.2. The minimum atomic E-state index is 0.701. The fraction of sp³-hybridized carbons (Fsp3) is 0.692. The van der Waals surface area contributed by atoms with E-state index in [2.05, 4.69) is 25.5 Å². The molecule has 5 heteroatoms. The highest BCUT2D eigenvalue weighted by molar-refractivity contribution is 5.46. The third-order valence-corrected chi connectivity index (χ3v) is 3.23. The van der Waals surface area contributed by atoms with Gasteiger partial charge < -0.3 is 15.5 Å². The van der Waals surface area contributed by atoms with Gasteiger partial charge in [0, 0.05) is 31.4 Å². The molecule has 1 aromatic rings. The lowest BCUT2D eigenvalue weighted by Crippen LogP contribution is -2.26. The molecule has 2 N–H and O–H groups in total. The van der Waals surface area contributed by atoms with Crippen LogP contribution in [0.2, 0.25) is 0 Å². The van der Waals surface area contributed by atoms with Gasteiger partial charge in [0.1, 0.15) is 5.82 Å². The van der Waals surface area contributed by atoms with Crippen molar-refractivity contribution in [3.63, 3.8) is 0 Å². The Morgan fingerprint density at radius 3 is 2.78 bits per heavy atom. The largest absolute Gasteiger partial charge is 0.368 e. The Labute approximate surface area is 109 Å². The van der Waals surface area contributed by atoms with Crippen molar-refractivity contribution < 1.29 is 0 Å². The average molecular weight is 249 g/mol. The van der Waals surface area contributed by atoms with Gasteiger partial charge in [-0.3, -0.25) is 0 Å². The fourth-order valence-corrected chi connectivity index (χ4v) is 2.20. The van der Waals surface area contributed by atoms with Crippen molar-refractivity contribution in [1.29, 1.82) is 0 Å². The van der Waals surface area contributed by atoms with Gasteiger partial charge in [0.15, 0.2) is 0 Å². The van der Waals surface area contributed by atoms with E-state index < -0.39 is 0 Å². The maximum absolute atomic E-state index is 4.47. The van der Waals surface area contributed by atoms with Crippen LogP contribution in [0.5, 0.6) is 0 Å². The van der Waals surface area contributed by atoms with Crippen molar-refractivity contribution in [1.82, 2.24) is 14.9 Å². The molecule has 2 heterocycles. The predicted molar refractivity (Wildman–Crippen MR) is 75.1 cm³/mol. The number of nitrogens with one attached hydrogen (secondary N) is 2. The van der Waals surface area contributed by atoms with Gasteiger partial charge in [-0.15, -0.1) is 0 Å². The maximum atomic E-state index is 4.47. The number of hydrogen-bond acceptors (Lipinski definition) is 5. The lowest BCUT2D eigenvalue weighted by Gasteiger charge is -2.16. The van der Waals surface area contributed by atoms with E-state index in [1.54, 1.807) is 0 Å². The summed E-state index contributed by atoms with van der Waals surface area (Å²) in [6, 6.07) is 0. The quantitative estimate of drug-likeness (QED) is 0.804. The van der Waals surface area contributed by atoms with E-state index in [-0.39, 0.29) is 0 Å². The molecule has 0 bridgehead atoms. The van der Waals surface area contributed by atoms with E-state index in [0.29, 0.717) is 5.95 Å². The van der Waals surface area contributed by atoms with Gasteiger partial charge in [-0.2, -0.15) is 4.98 Å². The number of aryl methyl sites for hydroxylation is 1. The van der Waals surface area contributed by atoms with Crippen LogP contribution in [0.1, 0.15) is 25.3 Å². The second kappa shape index (κ2) is 6.54. The average Bonchev–Trinajstić information content (AvgIpc) is 2.86. The van der Waals surface area contributed by atoms with E-state index in [0.717, 1.165) is 31.0 Å². The number of anilines is 2. The second-order valence-electron chi connectivity index (χ2n) is 4.73. The van der Waals surface area contributed by atoms with Crippen molar-refractivity contribution in [3.8, 4) is 0 Å². The highest BCUT2D eigenvalue weighted by Gasteiger charge is 2.10. The van der Waals surface area contributed by atoms with Crippen LogP contribution in [0.15, 0.2) is 6.20 Å². The highest BCUT2D eigenvalue weighted by Crippen LogP contribution is 2.12. The normalized spacial score (nSPS) is 15.9. The third-order valence-electron chi connectivity index (χ3n) is 3.23. The Morgan fingerprint density at radius 1 is 1.28 bits per heavy atom. The first kappa shape index (κ1) is 13.1. The summed E-state index contributed by atoms with van der Waals surface area (Å²) in [6.07, 6.45) is 4.55. The molecular formula is C13H23N5. The SMILES string of the molecule is CCNc1ncc(C)c(NCCN2CCCC2)n1.